The SMILES string of the molecule is CC1(C)c2ccccc2-c2ccc(N(c3ccc(-c4ccccc4)cc3)c3cccc4c3-c3ccccc3C43c4ccccc4-c4c(N(c5ccc(-c6ccccc6)cc5)c5ccc6c(c5)C(C)(C)c5ccccc5-6)cccc43)cc21. The van der Waals surface area contributed by atoms with Crippen molar-refractivity contribution in [3.63, 3.8) is 0 Å². The second kappa shape index (κ2) is 17.6. The largest absolute Gasteiger partial charge is 0.310 e. The Labute approximate surface area is 475 Å². The van der Waals surface area contributed by atoms with Crippen LogP contribution in [0.2, 0.25) is 0 Å². The molecule has 0 unspecified atom stereocenters. The number of benzene rings is 12. The Balaban J connectivity index is 0.923. The van der Waals surface area contributed by atoms with E-state index >= 15 is 0 Å². The third-order valence-corrected chi connectivity index (χ3v) is 18.7. The third-order valence-electron chi connectivity index (χ3n) is 18.7. The molecule has 0 N–H and O–H groups in total. The van der Waals surface area contributed by atoms with Crippen LogP contribution in [0.15, 0.2) is 279 Å². The highest BCUT2D eigenvalue weighted by Crippen LogP contribution is 2.67. The zero-order chi connectivity index (χ0) is 54.2. The average Bonchev–Trinajstić information content (AvgIpc) is 2.43. The lowest BCUT2D eigenvalue weighted by Gasteiger charge is -2.33. The van der Waals surface area contributed by atoms with Gasteiger partial charge in [0.2, 0.25) is 0 Å². The summed E-state index contributed by atoms with van der Waals surface area (Å²) in [5.41, 5.74) is 31.5. The van der Waals surface area contributed by atoms with Gasteiger partial charge in [0.15, 0.2) is 0 Å². The van der Waals surface area contributed by atoms with Crippen LogP contribution < -0.4 is 9.80 Å². The van der Waals surface area contributed by atoms with Crippen LogP contribution in [0.1, 0.15) is 72.2 Å². The van der Waals surface area contributed by atoms with Crippen LogP contribution in [0.5, 0.6) is 0 Å². The molecule has 12 aromatic carbocycles. The molecule has 16 rings (SSSR count). The summed E-state index contributed by atoms with van der Waals surface area (Å²) >= 11 is 0. The van der Waals surface area contributed by atoms with Gasteiger partial charge in [-0.2, -0.15) is 0 Å². The van der Waals surface area contributed by atoms with Crippen LogP contribution in [-0.4, -0.2) is 0 Å². The fourth-order valence-corrected chi connectivity index (χ4v) is 15.0. The first-order chi connectivity index (χ1) is 39.7. The van der Waals surface area contributed by atoms with Crippen molar-refractivity contribution in [1.82, 2.24) is 0 Å². The quantitative estimate of drug-likeness (QED) is 0.150. The minimum absolute atomic E-state index is 0.173. The van der Waals surface area contributed by atoms with E-state index < -0.39 is 5.41 Å². The lowest BCUT2D eigenvalue weighted by Crippen LogP contribution is -2.26. The molecule has 0 radical (unpaired) electrons. The maximum Gasteiger partial charge on any atom is 0.0727 e. The average molecular weight is 1040 g/mol. The highest BCUT2D eigenvalue weighted by Gasteiger charge is 2.53. The fraction of sp³-hybridized carbons (Fsp3) is 0.0886. The van der Waals surface area contributed by atoms with Gasteiger partial charge in [-0.3, -0.25) is 0 Å². The highest BCUT2D eigenvalue weighted by atomic mass is 15.2. The highest BCUT2D eigenvalue weighted by molar-refractivity contribution is 6.05. The molecule has 0 aliphatic heterocycles. The van der Waals surface area contributed by atoms with E-state index in [9.17, 15) is 0 Å². The van der Waals surface area contributed by atoms with Gasteiger partial charge < -0.3 is 9.80 Å². The molecule has 4 aliphatic carbocycles. The first kappa shape index (κ1) is 47.3. The van der Waals surface area contributed by atoms with Gasteiger partial charge in [0.25, 0.3) is 0 Å². The van der Waals surface area contributed by atoms with Crippen molar-refractivity contribution >= 4 is 34.1 Å². The molecule has 0 atom stereocenters. The standard InChI is InChI=1S/C79H58N2/c1-77(2)65-29-15-11-25-59(65)61-47-45-57(49-71(61)77)80(55-41-37-53(38-42-55)51-21-7-5-8-22-51)73-35-19-33-69-75(73)63-27-13-17-31-67(63)79(69)68-32-18-14-28-64(68)76-70(79)34-20-36-74(76)81(56-43-39-54(40-44-56)52-23-9-6-10-24-52)58-46-48-62-60-26-12-16-30-66(60)78(3,4)72(62)50-58/h5-50H,1-4H3. The lowest BCUT2D eigenvalue weighted by atomic mass is 9.70. The van der Waals surface area contributed by atoms with Gasteiger partial charge in [-0.1, -0.05) is 246 Å². The van der Waals surface area contributed by atoms with Gasteiger partial charge in [0.1, 0.15) is 0 Å². The van der Waals surface area contributed by atoms with Crippen LogP contribution in [0.25, 0.3) is 66.8 Å². The topological polar surface area (TPSA) is 6.48 Å². The molecule has 0 saturated heterocycles. The molecule has 2 nitrogen and oxygen atoms in total. The van der Waals surface area contributed by atoms with Crippen molar-refractivity contribution in [3.8, 4) is 66.8 Å². The van der Waals surface area contributed by atoms with E-state index in [2.05, 4.69) is 317 Å². The number of anilines is 6. The maximum absolute atomic E-state index is 2.54. The van der Waals surface area contributed by atoms with Crippen molar-refractivity contribution in [2.75, 3.05) is 9.80 Å². The van der Waals surface area contributed by atoms with Gasteiger partial charge in [-0.05, 0) is 161 Å². The summed E-state index contributed by atoms with van der Waals surface area (Å²) in [5.74, 6) is 0. The van der Waals surface area contributed by atoms with E-state index in [4.69, 9.17) is 0 Å². The summed E-state index contributed by atoms with van der Waals surface area (Å²) in [6.45, 7) is 9.54. The summed E-state index contributed by atoms with van der Waals surface area (Å²) in [5, 5.41) is 0. The molecule has 0 heterocycles. The third kappa shape index (κ3) is 6.74. The van der Waals surface area contributed by atoms with Crippen molar-refractivity contribution in [3.05, 3.63) is 324 Å². The van der Waals surface area contributed by atoms with Gasteiger partial charge >= 0.3 is 0 Å². The number of fused-ring (bicyclic) bond motifs is 16. The minimum Gasteiger partial charge on any atom is -0.310 e. The Morgan fingerprint density at radius 1 is 0.222 bits per heavy atom. The van der Waals surface area contributed by atoms with Crippen molar-refractivity contribution in [2.45, 2.75) is 43.9 Å². The predicted molar refractivity (Wildman–Crippen MR) is 338 cm³/mol. The molecule has 4 aliphatic rings. The van der Waals surface area contributed by atoms with E-state index in [-0.39, 0.29) is 10.8 Å². The summed E-state index contributed by atoms with van der Waals surface area (Å²) in [6, 6.07) is 105. The first-order valence-electron chi connectivity index (χ1n) is 28.6. The monoisotopic (exact) mass is 1030 g/mol. The van der Waals surface area contributed by atoms with Gasteiger partial charge in [-0.15, -0.1) is 0 Å². The van der Waals surface area contributed by atoms with Crippen LogP contribution in [-0.2, 0) is 16.2 Å². The van der Waals surface area contributed by atoms with Crippen molar-refractivity contribution in [1.29, 1.82) is 0 Å². The molecule has 81 heavy (non-hydrogen) atoms. The summed E-state index contributed by atoms with van der Waals surface area (Å²) in [4.78, 5) is 5.07. The van der Waals surface area contributed by atoms with Crippen LogP contribution in [0.4, 0.5) is 34.1 Å². The number of hydrogen-bond acceptors (Lipinski definition) is 2. The Morgan fingerprint density at radius 3 is 0.938 bits per heavy atom. The number of nitrogens with zero attached hydrogens (tertiary/aromatic N) is 2. The van der Waals surface area contributed by atoms with Crippen molar-refractivity contribution < 1.29 is 0 Å². The summed E-state index contributed by atoms with van der Waals surface area (Å²) in [7, 11) is 0. The molecule has 0 aromatic heterocycles. The molecule has 0 amide bonds. The minimum atomic E-state index is -0.626. The second-order valence-electron chi connectivity index (χ2n) is 23.5. The van der Waals surface area contributed by atoms with Gasteiger partial charge in [0, 0.05) is 44.7 Å². The molecular weight excluding hydrogens is 977 g/mol. The van der Waals surface area contributed by atoms with E-state index in [1.807, 2.05) is 0 Å². The first-order valence-corrected chi connectivity index (χ1v) is 28.6. The predicted octanol–water partition coefficient (Wildman–Crippen LogP) is 20.9. The molecule has 0 fully saturated rings. The number of rotatable bonds is 8. The lowest BCUT2D eigenvalue weighted by molar-refractivity contribution is 0.660. The molecule has 12 aromatic rings. The Morgan fingerprint density at radius 2 is 0.531 bits per heavy atom. The Kier molecular flexibility index (Phi) is 10.3. The molecule has 384 valence electrons. The molecule has 1 spiro atoms. The van der Waals surface area contributed by atoms with Crippen LogP contribution >= 0.6 is 0 Å². The Bertz CT molecular complexity index is 4220. The zero-order valence-electron chi connectivity index (χ0n) is 46.0. The second-order valence-corrected chi connectivity index (χ2v) is 23.5. The van der Waals surface area contributed by atoms with E-state index in [1.165, 1.54) is 111 Å². The van der Waals surface area contributed by atoms with E-state index in [0.717, 1.165) is 34.1 Å². The number of hydrogen-bond donors (Lipinski definition) is 0. The van der Waals surface area contributed by atoms with E-state index in [0.29, 0.717) is 0 Å². The van der Waals surface area contributed by atoms with E-state index in [1.54, 1.807) is 0 Å². The fourth-order valence-electron chi connectivity index (χ4n) is 15.0. The summed E-state index contributed by atoms with van der Waals surface area (Å²) in [6.07, 6.45) is 0. The molecule has 0 bridgehead atoms. The normalized spacial score (nSPS) is 14.5. The van der Waals surface area contributed by atoms with Crippen LogP contribution in [0, 0.1) is 0 Å². The molecule has 0 saturated carbocycles. The van der Waals surface area contributed by atoms with Crippen molar-refractivity contribution in [2.24, 2.45) is 0 Å². The van der Waals surface area contributed by atoms with Crippen LogP contribution in [0.3, 0.4) is 0 Å². The van der Waals surface area contributed by atoms with Gasteiger partial charge in [0.05, 0.1) is 16.8 Å². The molecular formula is C79H58N2. The zero-order valence-corrected chi connectivity index (χ0v) is 46.0. The van der Waals surface area contributed by atoms with Gasteiger partial charge in [-0.25, -0.2) is 0 Å². The molecule has 2 heteroatoms. The maximum atomic E-state index is 2.54. The smallest absolute Gasteiger partial charge is 0.0727 e. The Hall–Kier alpha value is -9.76. The summed E-state index contributed by atoms with van der Waals surface area (Å²) < 4.78 is 0.